The average Bonchev–Trinajstić information content (AvgIpc) is 3.25. The second-order valence-electron chi connectivity index (χ2n) is 9.65. The number of hydrogen-bond acceptors (Lipinski definition) is 5. The lowest BCUT2D eigenvalue weighted by molar-refractivity contribution is -0.125. The van der Waals surface area contributed by atoms with Crippen LogP contribution < -0.4 is 15.0 Å². The Morgan fingerprint density at radius 2 is 1.88 bits per heavy atom. The number of carbonyl (C=O) groups is 1. The van der Waals surface area contributed by atoms with Crippen LogP contribution in [0.2, 0.25) is 0 Å². The fourth-order valence-corrected chi connectivity index (χ4v) is 4.86. The summed E-state index contributed by atoms with van der Waals surface area (Å²) in [6.45, 7) is 4.54. The van der Waals surface area contributed by atoms with E-state index >= 15 is 0 Å². The molecule has 2 unspecified atom stereocenters. The summed E-state index contributed by atoms with van der Waals surface area (Å²) in [6.07, 6.45) is 8.48. The molecule has 1 saturated carbocycles. The Morgan fingerprint density at radius 1 is 1.09 bits per heavy atom. The number of anilines is 1. The quantitative estimate of drug-likeness (QED) is 0.632. The summed E-state index contributed by atoms with van der Waals surface area (Å²) >= 11 is 0. The third-order valence-electron chi connectivity index (χ3n) is 6.87. The maximum atomic E-state index is 13.3. The number of nitrogens with zero attached hydrogens (tertiary/aromatic N) is 3. The van der Waals surface area contributed by atoms with Crippen molar-refractivity contribution in [1.29, 1.82) is 0 Å². The lowest BCUT2D eigenvalue weighted by atomic mass is 10.0. The molecule has 0 bridgehead atoms. The maximum absolute atomic E-state index is 13.3. The van der Waals surface area contributed by atoms with Crippen molar-refractivity contribution in [3.05, 3.63) is 54.0 Å². The molecular weight excluding hydrogens is 419 g/mol. The monoisotopic (exact) mass is 452 g/mol. The van der Waals surface area contributed by atoms with Crippen LogP contribution in [-0.2, 0) is 11.2 Å². The van der Waals surface area contributed by atoms with E-state index in [1.165, 1.54) is 25.0 Å². The number of rotatable bonds is 9. The van der Waals surface area contributed by atoms with Crippen LogP contribution in [0.5, 0.6) is 5.88 Å². The summed E-state index contributed by atoms with van der Waals surface area (Å²) in [5, 5.41) is 3.35. The normalized spacial score (nSPS) is 21.8. The second-order valence-corrected chi connectivity index (χ2v) is 9.65. The molecule has 2 saturated heterocycles. The number of hydrogen-bond donors (Lipinski definition) is 1. The van der Waals surface area contributed by atoms with Crippen molar-refractivity contribution in [2.24, 2.45) is 5.92 Å². The molecule has 33 heavy (non-hydrogen) atoms. The molecule has 1 aromatic heterocycles. The molecular formula is C26H33FN4O2. The van der Waals surface area contributed by atoms with E-state index in [2.05, 4.69) is 26.2 Å². The van der Waals surface area contributed by atoms with Crippen LogP contribution in [0.4, 0.5) is 10.1 Å². The molecule has 0 radical (unpaired) electrons. The highest BCUT2D eigenvalue weighted by Gasteiger charge is 2.30. The van der Waals surface area contributed by atoms with Gasteiger partial charge in [-0.3, -0.25) is 4.79 Å². The Morgan fingerprint density at radius 3 is 2.58 bits per heavy atom. The van der Waals surface area contributed by atoms with Crippen LogP contribution >= 0.6 is 0 Å². The Kier molecular flexibility index (Phi) is 6.76. The van der Waals surface area contributed by atoms with Gasteiger partial charge in [0.1, 0.15) is 11.9 Å². The van der Waals surface area contributed by atoms with Gasteiger partial charge in [0.15, 0.2) is 0 Å². The van der Waals surface area contributed by atoms with Crippen molar-refractivity contribution in [1.82, 2.24) is 15.2 Å². The number of carbonyl (C=O) groups excluding carboxylic acids is 1. The summed E-state index contributed by atoms with van der Waals surface area (Å²) in [5.41, 5.74) is 2.09. The lowest BCUT2D eigenvalue weighted by Crippen LogP contribution is -2.46. The minimum absolute atomic E-state index is 0.0486. The topological polar surface area (TPSA) is 57.7 Å². The smallest absolute Gasteiger partial charge is 0.225 e. The first kappa shape index (κ1) is 22.1. The van der Waals surface area contributed by atoms with E-state index in [1.807, 2.05) is 12.3 Å². The SMILES string of the molecule is O=C(NC(Cc1ccc(OC2CC2)nc1)CN1CCCC1)C1CCN(c2ccc(F)cc2)C1. The van der Waals surface area contributed by atoms with Crippen LogP contribution in [-0.4, -0.2) is 60.7 Å². The van der Waals surface area contributed by atoms with Gasteiger partial charge in [-0.25, -0.2) is 9.37 Å². The predicted molar refractivity (Wildman–Crippen MR) is 126 cm³/mol. The minimum atomic E-state index is -0.237. The fraction of sp³-hybridized carbons (Fsp3) is 0.538. The molecule has 5 rings (SSSR count). The Hall–Kier alpha value is -2.67. The molecule has 3 fully saturated rings. The van der Waals surface area contributed by atoms with E-state index in [1.54, 1.807) is 12.1 Å². The second kappa shape index (κ2) is 10.1. The summed E-state index contributed by atoms with van der Waals surface area (Å²) < 4.78 is 19.0. The molecule has 6 nitrogen and oxygen atoms in total. The molecule has 2 aromatic rings. The predicted octanol–water partition coefficient (Wildman–Crippen LogP) is 3.41. The number of aromatic nitrogens is 1. The third kappa shape index (κ3) is 6.02. The molecule has 1 amide bonds. The number of pyridine rings is 1. The van der Waals surface area contributed by atoms with Gasteiger partial charge in [0, 0.05) is 43.6 Å². The molecule has 0 spiro atoms. The largest absolute Gasteiger partial charge is 0.474 e. The van der Waals surface area contributed by atoms with Crippen molar-refractivity contribution in [2.45, 2.75) is 50.7 Å². The van der Waals surface area contributed by atoms with Gasteiger partial charge >= 0.3 is 0 Å². The number of benzene rings is 1. The summed E-state index contributed by atoms with van der Waals surface area (Å²) in [5.74, 6) is 0.515. The Balaban J connectivity index is 1.19. The standard InChI is InChI=1S/C26H33FN4O2/c27-21-4-6-23(7-5-21)31-14-11-20(17-31)26(32)29-22(18-30-12-1-2-13-30)15-19-3-10-25(28-16-19)33-24-8-9-24/h3-7,10,16,20,22,24H,1-2,8-9,11-15,17-18H2,(H,29,32). The molecule has 2 aliphatic heterocycles. The maximum Gasteiger partial charge on any atom is 0.225 e. The van der Waals surface area contributed by atoms with Gasteiger partial charge in [-0.15, -0.1) is 0 Å². The van der Waals surface area contributed by atoms with E-state index in [4.69, 9.17) is 4.74 Å². The third-order valence-corrected chi connectivity index (χ3v) is 6.87. The van der Waals surface area contributed by atoms with Gasteiger partial charge in [-0.2, -0.15) is 0 Å². The van der Waals surface area contributed by atoms with Gasteiger partial charge in [-0.05, 0) is 81.4 Å². The first-order chi connectivity index (χ1) is 16.1. The summed E-state index contributed by atoms with van der Waals surface area (Å²) in [6, 6.07) is 10.6. The van der Waals surface area contributed by atoms with Crippen LogP contribution in [0.25, 0.3) is 0 Å². The summed E-state index contributed by atoms with van der Waals surface area (Å²) in [7, 11) is 0. The number of halogens is 1. The van der Waals surface area contributed by atoms with Gasteiger partial charge < -0.3 is 19.9 Å². The number of nitrogens with one attached hydrogen (secondary N) is 1. The van der Waals surface area contributed by atoms with Crippen LogP contribution in [0.3, 0.4) is 0 Å². The molecule has 3 heterocycles. The molecule has 1 aromatic carbocycles. The van der Waals surface area contributed by atoms with E-state index in [0.717, 1.165) is 63.1 Å². The zero-order chi connectivity index (χ0) is 22.6. The van der Waals surface area contributed by atoms with Crippen molar-refractivity contribution < 1.29 is 13.9 Å². The Labute approximate surface area is 195 Å². The van der Waals surface area contributed by atoms with Crippen LogP contribution in [0.1, 0.15) is 37.7 Å². The molecule has 7 heteroatoms. The van der Waals surface area contributed by atoms with Gasteiger partial charge in [0.25, 0.3) is 0 Å². The van der Waals surface area contributed by atoms with E-state index in [0.29, 0.717) is 18.5 Å². The van der Waals surface area contributed by atoms with Crippen LogP contribution in [0.15, 0.2) is 42.6 Å². The number of ether oxygens (including phenoxy) is 1. The van der Waals surface area contributed by atoms with Crippen molar-refractivity contribution >= 4 is 11.6 Å². The number of likely N-dealkylation sites (tertiary alicyclic amines) is 1. The zero-order valence-electron chi connectivity index (χ0n) is 19.1. The van der Waals surface area contributed by atoms with Gasteiger partial charge in [0.2, 0.25) is 11.8 Å². The lowest BCUT2D eigenvalue weighted by Gasteiger charge is -2.26. The van der Waals surface area contributed by atoms with E-state index in [9.17, 15) is 9.18 Å². The van der Waals surface area contributed by atoms with Gasteiger partial charge in [-0.1, -0.05) is 6.07 Å². The highest BCUT2D eigenvalue weighted by molar-refractivity contribution is 5.80. The van der Waals surface area contributed by atoms with E-state index < -0.39 is 0 Å². The van der Waals surface area contributed by atoms with Crippen LogP contribution in [0, 0.1) is 11.7 Å². The minimum Gasteiger partial charge on any atom is -0.474 e. The van der Waals surface area contributed by atoms with Gasteiger partial charge in [0.05, 0.1) is 5.92 Å². The first-order valence-corrected chi connectivity index (χ1v) is 12.3. The molecule has 1 aliphatic carbocycles. The zero-order valence-corrected chi connectivity index (χ0v) is 19.1. The summed E-state index contributed by atoms with van der Waals surface area (Å²) in [4.78, 5) is 22.3. The highest BCUT2D eigenvalue weighted by atomic mass is 19.1. The van der Waals surface area contributed by atoms with Crippen molar-refractivity contribution in [3.63, 3.8) is 0 Å². The van der Waals surface area contributed by atoms with Crippen molar-refractivity contribution in [3.8, 4) is 5.88 Å². The Bertz CT molecular complexity index is 926. The molecule has 176 valence electrons. The van der Waals surface area contributed by atoms with Crippen molar-refractivity contribution in [2.75, 3.05) is 37.6 Å². The first-order valence-electron chi connectivity index (χ1n) is 12.3. The molecule has 2 atom stereocenters. The average molecular weight is 453 g/mol. The fourth-order valence-electron chi connectivity index (χ4n) is 4.86. The molecule has 3 aliphatic rings. The highest BCUT2D eigenvalue weighted by Crippen LogP contribution is 2.26. The number of amides is 1. The van der Waals surface area contributed by atoms with E-state index in [-0.39, 0.29) is 23.7 Å². The molecule has 1 N–H and O–H groups in total.